The van der Waals surface area contributed by atoms with Crippen molar-refractivity contribution in [3.8, 4) is 0 Å². The smallest absolute Gasteiger partial charge is 0.0640 e. The molecule has 0 spiro atoms. The van der Waals surface area contributed by atoms with Crippen LogP contribution in [0.3, 0.4) is 0 Å². The fraction of sp³-hybridized carbons (Fsp3) is 0.214. The second-order valence-electron chi connectivity index (χ2n) is 3.90. The summed E-state index contributed by atoms with van der Waals surface area (Å²) in [6.45, 7) is 2.08. The Morgan fingerprint density at radius 1 is 1.12 bits per heavy atom. The van der Waals surface area contributed by atoms with Crippen LogP contribution in [0.1, 0.15) is 22.2 Å². The second kappa shape index (κ2) is 5.13. The van der Waals surface area contributed by atoms with Crippen molar-refractivity contribution in [2.24, 2.45) is 0 Å². The lowest BCUT2D eigenvalue weighted by Gasteiger charge is -2.09. The lowest BCUT2D eigenvalue weighted by Crippen LogP contribution is -1.97. The summed E-state index contributed by atoms with van der Waals surface area (Å²) in [6.07, 6.45) is 2.57. The fourth-order valence-corrected chi connectivity index (χ4v) is 1.90. The van der Waals surface area contributed by atoms with Crippen molar-refractivity contribution >= 4 is 11.6 Å². The number of benzene rings is 1. The van der Waals surface area contributed by atoms with Crippen LogP contribution >= 0.6 is 11.6 Å². The van der Waals surface area contributed by atoms with Gasteiger partial charge in [0.1, 0.15) is 0 Å². The maximum absolute atomic E-state index is 6.35. The minimum atomic E-state index is -0.00417. The fourth-order valence-electron chi connectivity index (χ4n) is 1.60. The van der Waals surface area contributed by atoms with Gasteiger partial charge in [0.15, 0.2) is 0 Å². The molecule has 0 saturated heterocycles. The van der Waals surface area contributed by atoms with Gasteiger partial charge in [-0.1, -0.05) is 35.9 Å². The highest BCUT2D eigenvalue weighted by Gasteiger charge is 2.08. The van der Waals surface area contributed by atoms with Crippen LogP contribution in [0.4, 0.5) is 0 Å². The van der Waals surface area contributed by atoms with Gasteiger partial charge < -0.3 is 0 Å². The van der Waals surface area contributed by atoms with E-state index in [4.69, 9.17) is 11.6 Å². The number of alkyl halides is 1. The number of aryl methyl sites for hydroxylation is 1. The summed E-state index contributed by atoms with van der Waals surface area (Å²) >= 11 is 6.35. The molecule has 1 nitrogen and oxygen atoms in total. The molecule has 0 radical (unpaired) electrons. The van der Waals surface area contributed by atoms with Crippen molar-refractivity contribution in [3.05, 3.63) is 65.5 Å². The van der Waals surface area contributed by atoms with Crippen LogP contribution in [-0.2, 0) is 6.42 Å². The average Bonchev–Trinajstić information content (AvgIpc) is 2.31. The summed E-state index contributed by atoms with van der Waals surface area (Å²) < 4.78 is 0. The molecule has 0 N–H and O–H groups in total. The Morgan fingerprint density at radius 3 is 2.50 bits per heavy atom. The Labute approximate surface area is 101 Å². The normalized spacial score (nSPS) is 12.4. The molecule has 0 aliphatic carbocycles. The molecule has 0 aliphatic heterocycles. The summed E-state index contributed by atoms with van der Waals surface area (Å²) in [5.41, 5.74) is 3.44. The maximum Gasteiger partial charge on any atom is 0.0640 e. The van der Waals surface area contributed by atoms with Gasteiger partial charge in [0.2, 0.25) is 0 Å². The number of aromatic nitrogens is 1. The first kappa shape index (κ1) is 11.2. The van der Waals surface area contributed by atoms with Crippen LogP contribution in [0.15, 0.2) is 48.7 Å². The molecule has 2 heteroatoms. The molecule has 1 aromatic heterocycles. The first-order valence-corrected chi connectivity index (χ1v) is 5.80. The minimum Gasteiger partial charge on any atom is -0.261 e. The van der Waals surface area contributed by atoms with E-state index in [1.807, 2.05) is 18.2 Å². The van der Waals surface area contributed by atoms with Gasteiger partial charge in [0.05, 0.1) is 5.38 Å². The number of pyridine rings is 1. The van der Waals surface area contributed by atoms with Crippen molar-refractivity contribution in [3.63, 3.8) is 0 Å². The van der Waals surface area contributed by atoms with Crippen molar-refractivity contribution < 1.29 is 0 Å². The van der Waals surface area contributed by atoms with Gasteiger partial charge in [-0.3, -0.25) is 4.98 Å². The predicted molar refractivity (Wildman–Crippen MR) is 67.7 cm³/mol. The monoisotopic (exact) mass is 231 g/mol. The Balaban J connectivity index is 2.09. The van der Waals surface area contributed by atoms with Crippen molar-refractivity contribution in [2.45, 2.75) is 18.7 Å². The third-order valence-corrected chi connectivity index (χ3v) is 2.96. The highest BCUT2D eigenvalue weighted by atomic mass is 35.5. The molecule has 1 heterocycles. The van der Waals surface area contributed by atoms with Gasteiger partial charge in [-0.2, -0.15) is 0 Å². The van der Waals surface area contributed by atoms with Crippen LogP contribution in [0.5, 0.6) is 0 Å². The van der Waals surface area contributed by atoms with E-state index in [2.05, 4.69) is 36.2 Å². The zero-order chi connectivity index (χ0) is 11.4. The molecule has 0 fully saturated rings. The van der Waals surface area contributed by atoms with Crippen LogP contribution in [0, 0.1) is 6.92 Å². The first-order chi connectivity index (χ1) is 7.75. The molecular weight excluding hydrogens is 218 g/mol. The molecule has 1 aromatic carbocycles. The standard InChI is InChI=1S/C14H14ClN/c1-11-5-7-12(8-6-11)14(15)10-13-4-2-3-9-16-13/h2-9,14H,10H2,1H3. The molecule has 0 amide bonds. The van der Waals surface area contributed by atoms with Gasteiger partial charge in [-0.15, -0.1) is 11.6 Å². The molecule has 0 bridgehead atoms. The number of hydrogen-bond acceptors (Lipinski definition) is 1. The topological polar surface area (TPSA) is 12.9 Å². The van der Waals surface area contributed by atoms with Gasteiger partial charge >= 0.3 is 0 Å². The van der Waals surface area contributed by atoms with Crippen LogP contribution in [0.25, 0.3) is 0 Å². The van der Waals surface area contributed by atoms with Gasteiger partial charge in [0.25, 0.3) is 0 Å². The van der Waals surface area contributed by atoms with Gasteiger partial charge in [-0.25, -0.2) is 0 Å². The van der Waals surface area contributed by atoms with E-state index >= 15 is 0 Å². The molecule has 2 rings (SSSR count). The lowest BCUT2D eigenvalue weighted by atomic mass is 10.1. The number of rotatable bonds is 3. The average molecular weight is 232 g/mol. The highest BCUT2D eigenvalue weighted by molar-refractivity contribution is 6.20. The van der Waals surface area contributed by atoms with E-state index in [1.54, 1.807) is 6.20 Å². The molecule has 82 valence electrons. The maximum atomic E-state index is 6.35. The minimum absolute atomic E-state index is 0.00417. The zero-order valence-electron chi connectivity index (χ0n) is 9.23. The van der Waals surface area contributed by atoms with E-state index in [9.17, 15) is 0 Å². The Bertz CT molecular complexity index is 436. The van der Waals surface area contributed by atoms with Crippen molar-refractivity contribution in [2.75, 3.05) is 0 Å². The van der Waals surface area contributed by atoms with Crippen molar-refractivity contribution in [1.29, 1.82) is 0 Å². The summed E-state index contributed by atoms with van der Waals surface area (Å²) in [5.74, 6) is 0. The third kappa shape index (κ3) is 2.83. The lowest BCUT2D eigenvalue weighted by molar-refractivity contribution is 0.880. The van der Waals surface area contributed by atoms with E-state index in [-0.39, 0.29) is 5.38 Å². The quantitative estimate of drug-likeness (QED) is 0.730. The van der Waals surface area contributed by atoms with Crippen LogP contribution in [-0.4, -0.2) is 4.98 Å². The van der Waals surface area contributed by atoms with E-state index in [0.717, 1.165) is 17.7 Å². The molecular formula is C14H14ClN. The summed E-state index contributed by atoms with van der Waals surface area (Å²) in [5, 5.41) is -0.00417. The molecule has 0 saturated carbocycles. The largest absolute Gasteiger partial charge is 0.261 e. The number of hydrogen-bond donors (Lipinski definition) is 0. The SMILES string of the molecule is Cc1ccc(C(Cl)Cc2ccccn2)cc1. The summed E-state index contributed by atoms with van der Waals surface area (Å²) in [7, 11) is 0. The first-order valence-electron chi connectivity index (χ1n) is 5.36. The zero-order valence-corrected chi connectivity index (χ0v) is 9.98. The number of nitrogens with zero attached hydrogens (tertiary/aromatic N) is 1. The molecule has 1 atom stereocenters. The van der Waals surface area contributed by atoms with E-state index < -0.39 is 0 Å². The Kier molecular flexibility index (Phi) is 3.58. The van der Waals surface area contributed by atoms with Crippen molar-refractivity contribution in [1.82, 2.24) is 4.98 Å². The highest BCUT2D eigenvalue weighted by Crippen LogP contribution is 2.24. The summed E-state index contributed by atoms with van der Waals surface area (Å²) in [4.78, 5) is 4.28. The molecule has 0 aliphatic rings. The predicted octanol–water partition coefficient (Wildman–Crippen LogP) is 3.91. The summed E-state index contributed by atoms with van der Waals surface area (Å²) in [6, 6.07) is 14.2. The van der Waals surface area contributed by atoms with Gasteiger partial charge in [-0.05, 0) is 24.6 Å². The second-order valence-corrected chi connectivity index (χ2v) is 4.43. The number of halogens is 1. The Morgan fingerprint density at radius 2 is 1.88 bits per heavy atom. The van der Waals surface area contributed by atoms with E-state index in [0.29, 0.717) is 0 Å². The van der Waals surface area contributed by atoms with Gasteiger partial charge in [0, 0.05) is 18.3 Å². The van der Waals surface area contributed by atoms with Crippen LogP contribution in [0.2, 0.25) is 0 Å². The third-order valence-electron chi connectivity index (χ3n) is 2.55. The molecule has 1 unspecified atom stereocenters. The Hall–Kier alpha value is -1.34. The molecule has 2 aromatic rings. The molecule has 16 heavy (non-hydrogen) atoms. The van der Waals surface area contributed by atoms with E-state index in [1.165, 1.54) is 5.56 Å². The van der Waals surface area contributed by atoms with Crippen LogP contribution < -0.4 is 0 Å².